The number of carbonyl (C=O) groups excluding carboxylic acids is 1. The third-order valence-corrected chi connectivity index (χ3v) is 3.54. The third-order valence-electron chi connectivity index (χ3n) is 2.91. The van der Waals surface area contributed by atoms with Crippen molar-refractivity contribution in [2.45, 2.75) is 19.9 Å². The van der Waals surface area contributed by atoms with Gasteiger partial charge in [-0.05, 0) is 19.1 Å². The van der Waals surface area contributed by atoms with Crippen LogP contribution in [0.15, 0.2) is 24.4 Å². The number of anilines is 1. The van der Waals surface area contributed by atoms with E-state index in [4.69, 9.17) is 23.2 Å². The number of aromatic nitrogens is 2. The Bertz CT molecular complexity index is 710. The predicted octanol–water partition coefficient (Wildman–Crippen LogP) is 3.44. The van der Waals surface area contributed by atoms with Crippen LogP contribution in [0.5, 0.6) is 0 Å². The number of para-hydroxylation sites is 1. The van der Waals surface area contributed by atoms with Crippen molar-refractivity contribution in [1.29, 1.82) is 0 Å². The summed E-state index contributed by atoms with van der Waals surface area (Å²) in [6, 6.07) is 4.90. The van der Waals surface area contributed by atoms with Gasteiger partial charge in [0, 0.05) is 13.0 Å². The van der Waals surface area contributed by atoms with Gasteiger partial charge in [-0.15, -0.1) is 0 Å². The summed E-state index contributed by atoms with van der Waals surface area (Å²) >= 11 is 11.9. The smallest absolute Gasteiger partial charge is 0.309 e. The van der Waals surface area contributed by atoms with E-state index in [9.17, 15) is 14.9 Å². The highest BCUT2D eigenvalue weighted by Crippen LogP contribution is 2.29. The van der Waals surface area contributed by atoms with Crippen LogP contribution in [-0.4, -0.2) is 20.6 Å². The molecule has 0 aliphatic rings. The molecular weight excluding hydrogens is 331 g/mol. The SMILES string of the molecule is Cc1nn(CCC(=O)Nc2c(Cl)cccc2Cl)cc1[N+](=O)[O-]. The number of amides is 1. The van der Waals surface area contributed by atoms with Gasteiger partial charge >= 0.3 is 5.69 Å². The van der Waals surface area contributed by atoms with E-state index in [1.807, 2.05) is 0 Å². The average Bonchev–Trinajstić information content (AvgIpc) is 2.82. The second-order valence-corrected chi connectivity index (χ2v) is 5.33. The molecule has 22 heavy (non-hydrogen) atoms. The molecule has 0 aliphatic carbocycles. The van der Waals surface area contributed by atoms with E-state index in [1.165, 1.54) is 17.8 Å². The van der Waals surface area contributed by atoms with E-state index in [0.29, 0.717) is 21.4 Å². The van der Waals surface area contributed by atoms with Gasteiger partial charge in [0.2, 0.25) is 5.91 Å². The van der Waals surface area contributed by atoms with Crippen LogP contribution in [-0.2, 0) is 11.3 Å². The maximum Gasteiger partial charge on any atom is 0.309 e. The molecule has 1 aromatic heterocycles. The number of benzene rings is 1. The monoisotopic (exact) mass is 342 g/mol. The number of nitrogens with zero attached hydrogens (tertiary/aromatic N) is 3. The molecule has 1 N–H and O–H groups in total. The van der Waals surface area contributed by atoms with Crippen LogP contribution < -0.4 is 5.32 Å². The lowest BCUT2D eigenvalue weighted by atomic mass is 10.3. The van der Waals surface area contributed by atoms with Crippen LogP contribution in [0.3, 0.4) is 0 Å². The van der Waals surface area contributed by atoms with Gasteiger partial charge in [0.15, 0.2) is 0 Å². The molecule has 0 bridgehead atoms. The van der Waals surface area contributed by atoms with Crippen molar-refractivity contribution < 1.29 is 9.72 Å². The van der Waals surface area contributed by atoms with Crippen molar-refractivity contribution in [2.75, 3.05) is 5.32 Å². The van der Waals surface area contributed by atoms with Crippen LogP contribution in [0.1, 0.15) is 12.1 Å². The first-order chi connectivity index (χ1) is 10.4. The van der Waals surface area contributed by atoms with Gasteiger partial charge in [-0.3, -0.25) is 19.6 Å². The lowest BCUT2D eigenvalue weighted by molar-refractivity contribution is -0.385. The summed E-state index contributed by atoms with van der Waals surface area (Å²) in [5, 5.41) is 18.0. The molecule has 7 nitrogen and oxygen atoms in total. The highest BCUT2D eigenvalue weighted by molar-refractivity contribution is 6.39. The molecule has 0 unspecified atom stereocenters. The molecule has 0 saturated heterocycles. The molecule has 2 aromatic rings. The lowest BCUT2D eigenvalue weighted by Crippen LogP contribution is -2.15. The Morgan fingerprint density at radius 2 is 2.05 bits per heavy atom. The van der Waals surface area contributed by atoms with E-state index >= 15 is 0 Å². The predicted molar refractivity (Wildman–Crippen MR) is 83.3 cm³/mol. The van der Waals surface area contributed by atoms with E-state index in [0.717, 1.165) is 0 Å². The zero-order valence-corrected chi connectivity index (χ0v) is 13.1. The summed E-state index contributed by atoms with van der Waals surface area (Å²) in [4.78, 5) is 22.1. The molecule has 1 aromatic carbocycles. The van der Waals surface area contributed by atoms with E-state index < -0.39 is 4.92 Å². The van der Waals surface area contributed by atoms with Crippen LogP contribution in [0, 0.1) is 17.0 Å². The number of carbonyl (C=O) groups is 1. The van der Waals surface area contributed by atoms with E-state index in [2.05, 4.69) is 10.4 Å². The normalized spacial score (nSPS) is 10.5. The minimum atomic E-state index is -0.511. The van der Waals surface area contributed by atoms with Crippen LogP contribution in [0.4, 0.5) is 11.4 Å². The summed E-state index contributed by atoms with van der Waals surface area (Å²) in [6.07, 6.45) is 1.38. The molecule has 1 amide bonds. The lowest BCUT2D eigenvalue weighted by Gasteiger charge is -2.08. The molecular formula is C13H12Cl2N4O3. The summed E-state index contributed by atoms with van der Waals surface area (Å²) in [5.74, 6) is -0.314. The van der Waals surface area contributed by atoms with Crippen molar-refractivity contribution >= 4 is 40.5 Å². The van der Waals surface area contributed by atoms with Gasteiger partial charge in [0.25, 0.3) is 0 Å². The zero-order valence-electron chi connectivity index (χ0n) is 11.5. The third kappa shape index (κ3) is 3.75. The zero-order chi connectivity index (χ0) is 16.3. The maximum atomic E-state index is 11.9. The fourth-order valence-electron chi connectivity index (χ4n) is 1.84. The van der Waals surface area contributed by atoms with Crippen molar-refractivity contribution in [2.24, 2.45) is 0 Å². The second-order valence-electron chi connectivity index (χ2n) is 4.51. The Morgan fingerprint density at radius 1 is 1.41 bits per heavy atom. The van der Waals surface area contributed by atoms with Crippen LogP contribution >= 0.6 is 23.2 Å². The van der Waals surface area contributed by atoms with Crippen molar-refractivity contribution in [3.8, 4) is 0 Å². The van der Waals surface area contributed by atoms with E-state index in [1.54, 1.807) is 18.2 Å². The van der Waals surface area contributed by atoms with Crippen molar-refractivity contribution in [1.82, 2.24) is 9.78 Å². The Hall–Kier alpha value is -2.12. The molecule has 0 aliphatic heterocycles. The number of halogens is 2. The molecule has 9 heteroatoms. The van der Waals surface area contributed by atoms with Crippen LogP contribution in [0.25, 0.3) is 0 Å². The molecule has 0 radical (unpaired) electrons. The Kier molecular flexibility index (Phi) is 4.99. The quantitative estimate of drug-likeness (QED) is 0.665. The highest BCUT2D eigenvalue weighted by Gasteiger charge is 2.16. The first-order valence-electron chi connectivity index (χ1n) is 6.31. The fourth-order valence-corrected chi connectivity index (χ4v) is 2.33. The van der Waals surface area contributed by atoms with Gasteiger partial charge in [0.05, 0.1) is 20.7 Å². The van der Waals surface area contributed by atoms with Gasteiger partial charge in [-0.2, -0.15) is 5.10 Å². The van der Waals surface area contributed by atoms with Crippen molar-refractivity contribution in [3.63, 3.8) is 0 Å². The molecule has 0 fully saturated rings. The number of rotatable bonds is 5. The maximum absolute atomic E-state index is 11.9. The van der Waals surface area contributed by atoms with Crippen LogP contribution in [0.2, 0.25) is 10.0 Å². The second kappa shape index (κ2) is 6.76. The van der Waals surface area contributed by atoms with Gasteiger partial charge in [-0.1, -0.05) is 29.3 Å². The average molecular weight is 343 g/mol. The fraction of sp³-hybridized carbons (Fsp3) is 0.231. The molecule has 0 spiro atoms. The topological polar surface area (TPSA) is 90.1 Å². The number of nitro groups is 1. The summed E-state index contributed by atoms with van der Waals surface area (Å²) in [6.45, 7) is 1.75. The summed E-state index contributed by atoms with van der Waals surface area (Å²) in [7, 11) is 0. The minimum Gasteiger partial charge on any atom is -0.323 e. The first-order valence-corrected chi connectivity index (χ1v) is 7.06. The molecule has 2 rings (SSSR count). The number of aryl methyl sites for hydroxylation is 2. The van der Waals surface area contributed by atoms with Gasteiger partial charge in [-0.25, -0.2) is 0 Å². The Labute approximate surface area is 136 Å². The van der Waals surface area contributed by atoms with E-state index in [-0.39, 0.29) is 24.6 Å². The minimum absolute atomic E-state index is 0.0745. The summed E-state index contributed by atoms with van der Waals surface area (Å²) < 4.78 is 1.36. The molecule has 1 heterocycles. The highest BCUT2D eigenvalue weighted by atomic mass is 35.5. The van der Waals surface area contributed by atoms with Crippen molar-refractivity contribution in [3.05, 3.63) is 50.2 Å². The number of hydrogen-bond donors (Lipinski definition) is 1. The Balaban J connectivity index is 1.99. The molecule has 116 valence electrons. The van der Waals surface area contributed by atoms with Gasteiger partial charge in [0.1, 0.15) is 11.9 Å². The Morgan fingerprint density at radius 3 is 2.59 bits per heavy atom. The molecule has 0 atom stereocenters. The molecule has 0 saturated carbocycles. The van der Waals surface area contributed by atoms with Gasteiger partial charge < -0.3 is 5.32 Å². The largest absolute Gasteiger partial charge is 0.323 e. The first kappa shape index (κ1) is 16.3. The number of nitrogens with one attached hydrogen (secondary N) is 1. The standard InChI is InChI=1S/C13H12Cl2N4O3/c1-8-11(19(21)22)7-18(17-8)6-5-12(20)16-13-9(14)3-2-4-10(13)15/h2-4,7H,5-6H2,1H3,(H,16,20). The summed E-state index contributed by atoms with van der Waals surface area (Å²) in [5.41, 5.74) is 0.576. The number of hydrogen-bond acceptors (Lipinski definition) is 4.